The van der Waals surface area contributed by atoms with Crippen LogP contribution in [0.15, 0.2) is 42.5 Å². The lowest BCUT2D eigenvalue weighted by Gasteiger charge is -2.10. The van der Waals surface area contributed by atoms with Crippen LogP contribution in [0.1, 0.15) is 43.8 Å². The maximum absolute atomic E-state index is 12.8. The fraction of sp³-hybridized carbons (Fsp3) is 0.300. The van der Waals surface area contributed by atoms with Crippen molar-refractivity contribution in [1.82, 2.24) is 10.6 Å². The van der Waals surface area contributed by atoms with E-state index in [9.17, 15) is 9.59 Å². The van der Waals surface area contributed by atoms with E-state index in [1.807, 2.05) is 39.1 Å². The first-order valence-corrected chi connectivity index (χ1v) is 8.18. The van der Waals surface area contributed by atoms with Crippen molar-refractivity contribution in [3.05, 3.63) is 70.3 Å². The molecule has 0 heterocycles. The van der Waals surface area contributed by atoms with E-state index in [1.54, 1.807) is 24.3 Å². The Hall–Kier alpha value is -2.17. The molecule has 0 saturated heterocycles. The van der Waals surface area contributed by atoms with Crippen LogP contribution in [0.5, 0.6) is 0 Å². The van der Waals surface area contributed by atoms with Gasteiger partial charge in [0, 0.05) is 17.7 Å². The van der Waals surface area contributed by atoms with E-state index in [2.05, 4.69) is 10.6 Å². The number of carbonyl (C=O) groups is 2. The van der Waals surface area contributed by atoms with Gasteiger partial charge in [0.2, 0.25) is 0 Å². The summed E-state index contributed by atoms with van der Waals surface area (Å²) in [6.45, 7) is 5.40. The highest BCUT2D eigenvalue weighted by Crippen LogP contribution is 2.17. The van der Waals surface area contributed by atoms with Crippen molar-refractivity contribution in [2.24, 2.45) is 0 Å². The van der Waals surface area contributed by atoms with Gasteiger partial charge in [0.05, 0.1) is 5.56 Å². The number of hydrogen-bond acceptors (Lipinski definition) is 3. The van der Waals surface area contributed by atoms with Gasteiger partial charge in [-0.25, -0.2) is 0 Å². The van der Waals surface area contributed by atoms with Crippen molar-refractivity contribution < 1.29 is 9.59 Å². The summed E-state index contributed by atoms with van der Waals surface area (Å²) < 4.78 is 0. The molecule has 0 fully saturated rings. The second kappa shape index (κ2) is 9.97. The Bertz CT molecular complexity index is 744. The Morgan fingerprint density at radius 1 is 0.920 bits per heavy atom. The normalized spacial score (nSPS) is 10.0. The zero-order chi connectivity index (χ0) is 17.5. The maximum atomic E-state index is 12.8. The number of benzene rings is 2. The van der Waals surface area contributed by atoms with E-state index in [4.69, 9.17) is 0 Å². The predicted molar refractivity (Wildman–Crippen MR) is 104 cm³/mol. The van der Waals surface area contributed by atoms with E-state index >= 15 is 0 Å². The van der Waals surface area contributed by atoms with Crippen LogP contribution >= 0.6 is 12.4 Å². The topological polar surface area (TPSA) is 58.2 Å². The summed E-state index contributed by atoms with van der Waals surface area (Å²) >= 11 is 0. The number of halogens is 1. The molecule has 25 heavy (non-hydrogen) atoms. The summed E-state index contributed by atoms with van der Waals surface area (Å²) in [4.78, 5) is 25.2. The number of hydrogen-bond donors (Lipinski definition) is 2. The van der Waals surface area contributed by atoms with Crippen molar-refractivity contribution in [2.75, 3.05) is 20.1 Å². The molecule has 0 atom stereocenters. The highest BCUT2D eigenvalue weighted by atomic mass is 35.5. The lowest BCUT2D eigenvalue weighted by Crippen LogP contribution is -2.28. The maximum Gasteiger partial charge on any atom is 0.252 e. The van der Waals surface area contributed by atoms with E-state index in [0.717, 1.165) is 24.1 Å². The van der Waals surface area contributed by atoms with Gasteiger partial charge < -0.3 is 10.6 Å². The molecule has 0 aromatic heterocycles. The molecule has 2 rings (SSSR count). The third kappa shape index (κ3) is 5.41. The zero-order valence-corrected chi connectivity index (χ0v) is 15.7. The third-order valence-electron chi connectivity index (χ3n) is 4.07. The molecule has 134 valence electrons. The molecule has 2 aromatic carbocycles. The molecule has 0 radical (unpaired) electrons. The SMILES string of the molecule is CNCCCNC(=O)c1ccccc1C(=O)c1ccc(C)c(C)c1.Cl. The van der Waals surface area contributed by atoms with Crippen LogP contribution in [0.25, 0.3) is 0 Å². The minimum absolute atomic E-state index is 0. The van der Waals surface area contributed by atoms with Crippen LogP contribution in [0.4, 0.5) is 0 Å². The van der Waals surface area contributed by atoms with Crippen LogP contribution in [-0.4, -0.2) is 31.8 Å². The molecule has 0 aliphatic heterocycles. The number of rotatable bonds is 7. The summed E-state index contributed by atoms with van der Waals surface area (Å²) in [6, 6.07) is 12.6. The van der Waals surface area contributed by atoms with Crippen molar-refractivity contribution in [2.45, 2.75) is 20.3 Å². The molecule has 0 spiro atoms. The molecular weight excluding hydrogens is 336 g/mol. The Morgan fingerprint density at radius 3 is 2.24 bits per heavy atom. The highest BCUT2D eigenvalue weighted by Gasteiger charge is 2.18. The van der Waals surface area contributed by atoms with Gasteiger partial charge in [-0.05, 0) is 57.1 Å². The van der Waals surface area contributed by atoms with Gasteiger partial charge in [-0.2, -0.15) is 0 Å². The Balaban J connectivity index is 0.00000312. The monoisotopic (exact) mass is 360 g/mol. The zero-order valence-electron chi connectivity index (χ0n) is 14.9. The largest absolute Gasteiger partial charge is 0.352 e. The van der Waals surface area contributed by atoms with E-state index in [1.165, 1.54) is 0 Å². The smallest absolute Gasteiger partial charge is 0.252 e. The van der Waals surface area contributed by atoms with Crippen LogP contribution in [-0.2, 0) is 0 Å². The molecule has 2 N–H and O–H groups in total. The average Bonchev–Trinajstić information content (AvgIpc) is 2.60. The standard InChI is InChI=1S/C20H24N2O2.ClH/c1-14-9-10-16(13-15(14)2)19(23)17-7-4-5-8-18(17)20(24)22-12-6-11-21-3;/h4-5,7-10,13,21H,6,11-12H2,1-3H3,(H,22,24);1H. The highest BCUT2D eigenvalue weighted by molar-refractivity contribution is 6.15. The lowest BCUT2D eigenvalue weighted by molar-refractivity contribution is 0.0942. The minimum Gasteiger partial charge on any atom is -0.352 e. The van der Waals surface area contributed by atoms with E-state index in [-0.39, 0.29) is 24.1 Å². The van der Waals surface area contributed by atoms with Gasteiger partial charge in [0.15, 0.2) is 5.78 Å². The molecule has 4 nitrogen and oxygen atoms in total. The van der Waals surface area contributed by atoms with Crippen LogP contribution in [0.2, 0.25) is 0 Å². The van der Waals surface area contributed by atoms with Gasteiger partial charge in [-0.3, -0.25) is 9.59 Å². The van der Waals surface area contributed by atoms with Crippen molar-refractivity contribution in [1.29, 1.82) is 0 Å². The fourth-order valence-corrected chi connectivity index (χ4v) is 2.48. The first-order valence-electron chi connectivity index (χ1n) is 8.18. The number of nitrogens with one attached hydrogen (secondary N) is 2. The first-order chi connectivity index (χ1) is 11.5. The Labute approximate surface area is 155 Å². The van der Waals surface area contributed by atoms with Crippen LogP contribution in [0.3, 0.4) is 0 Å². The van der Waals surface area contributed by atoms with Crippen LogP contribution < -0.4 is 10.6 Å². The molecule has 2 aromatic rings. The number of amides is 1. The summed E-state index contributed by atoms with van der Waals surface area (Å²) in [6.07, 6.45) is 0.843. The second-order valence-corrected chi connectivity index (χ2v) is 5.89. The lowest BCUT2D eigenvalue weighted by atomic mass is 9.95. The molecular formula is C20H25ClN2O2. The average molecular weight is 361 g/mol. The van der Waals surface area contributed by atoms with Gasteiger partial charge in [-0.15, -0.1) is 12.4 Å². The van der Waals surface area contributed by atoms with E-state index in [0.29, 0.717) is 23.2 Å². The molecule has 0 saturated carbocycles. The number of carbonyl (C=O) groups excluding carboxylic acids is 2. The van der Waals surface area contributed by atoms with Crippen molar-refractivity contribution in [3.8, 4) is 0 Å². The van der Waals surface area contributed by atoms with Crippen LogP contribution in [0, 0.1) is 13.8 Å². The second-order valence-electron chi connectivity index (χ2n) is 5.89. The Kier molecular flexibility index (Phi) is 8.32. The van der Waals surface area contributed by atoms with Gasteiger partial charge >= 0.3 is 0 Å². The predicted octanol–water partition coefficient (Wildman–Crippen LogP) is 3.30. The quantitative estimate of drug-likeness (QED) is 0.588. The number of aryl methyl sites for hydroxylation is 2. The van der Waals surface area contributed by atoms with Gasteiger partial charge in [0.1, 0.15) is 0 Å². The van der Waals surface area contributed by atoms with E-state index < -0.39 is 0 Å². The van der Waals surface area contributed by atoms with Gasteiger partial charge in [0.25, 0.3) is 5.91 Å². The molecule has 0 bridgehead atoms. The summed E-state index contributed by atoms with van der Waals surface area (Å²) in [7, 11) is 1.87. The fourth-order valence-electron chi connectivity index (χ4n) is 2.48. The third-order valence-corrected chi connectivity index (χ3v) is 4.07. The first kappa shape index (κ1) is 20.9. The minimum atomic E-state index is -0.209. The number of ketones is 1. The summed E-state index contributed by atoms with van der Waals surface area (Å²) in [5, 5.41) is 5.91. The summed E-state index contributed by atoms with van der Waals surface area (Å²) in [5.41, 5.74) is 3.67. The molecule has 0 aliphatic rings. The van der Waals surface area contributed by atoms with Crippen molar-refractivity contribution in [3.63, 3.8) is 0 Å². The summed E-state index contributed by atoms with van der Waals surface area (Å²) in [5.74, 6) is -0.335. The molecule has 0 unspecified atom stereocenters. The van der Waals surface area contributed by atoms with Gasteiger partial charge in [-0.1, -0.05) is 30.3 Å². The Morgan fingerprint density at radius 2 is 1.60 bits per heavy atom. The molecule has 0 aliphatic carbocycles. The van der Waals surface area contributed by atoms with Crippen molar-refractivity contribution >= 4 is 24.1 Å². The molecule has 5 heteroatoms. The molecule has 1 amide bonds.